The maximum Gasteiger partial charge on any atom is 0.161 e. The van der Waals surface area contributed by atoms with Crippen LogP contribution in [0.15, 0.2) is 18.2 Å². The van der Waals surface area contributed by atoms with Gasteiger partial charge in [-0.1, -0.05) is 19.1 Å². The lowest BCUT2D eigenvalue weighted by atomic mass is 10.1. The van der Waals surface area contributed by atoms with E-state index in [0.29, 0.717) is 29.9 Å². The standard InChI is InChI=1S/C14H21NO2/c1-3-15-9-10-8-12(10)11-6-5-7-13(14(11)16)17-4-2/h5-7,10,12,15-16H,3-4,8-9H2,1-2H3. The number of para-hydroxylation sites is 1. The van der Waals surface area contributed by atoms with E-state index in [-0.39, 0.29) is 0 Å². The van der Waals surface area contributed by atoms with Gasteiger partial charge in [0.15, 0.2) is 11.5 Å². The lowest BCUT2D eigenvalue weighted by Crippen LogP contribution is -2.16. The summed E-state index contributed by atoms with van der Waals surface area (Å²) in [6.45, 7) is 6.68. The molecule has 1 aromatic carbocycles. The number of ether oxygens (including phenoxy) is 1. The van der Waals surface area contributed by atoms with E-state index in [2.05, 4.69) is 12.2 Å². The van der Waals surface area contributed by atoms with Crippen molar-refractivity contribution in [1.29, 1.82) is 0 Å². The zero-order chi connectivity index (χ0) is 12.3. The SMILES string of the molecule is CCNCC1CC1c1cccc(OCC)c1O. The molecule has 0 aliphatic heterocycles. The number of benzene rings is 1. The van der Waals surface area contributed by atoms with Gasteiger partial charge in [0, 0.05) is 5.56 Å². The first-order valence-corrected chi connectivity index (χ1v) is 6.43. The molecule has 1 aliphatic rings. The number of phenolic OH excluding ortho intramolecular Hbond substituents is 1. The molecular weight excluding hydrogens is 214 g/mol. The summed E-state index contributed by atoms with van der Waals surface area (Å²) < 4.78 is 5.41. The van der Waals surface area contributed by atoms with E-state index in [9.17, 15) is 5.11 Å². The van der Waals surface area contributed by atoms with E-state index in [1.54, 1.807) is 0 Å². The molecule has 0 spiro atoms. The molecule has 1 saturated carbocycles. The minimum absolute atomic E-state index is 0.332. The number of nitrogens with one attached hydrogen (secondary N) is 1. The Bertz CT molecular complexity index is 378. The highest BCUT2D eigenvalue weighted by atomic mass is 16.5. The first-order chi connectivity index (χ1) is 8.27. The van der Waals surface area contributed by atoms with E-state index in [1.807, 2.05) is 25.1 Å². The highest BCUT2D eigenvalue weighted by Crippen LogP contribution is 2.51. The van der Waals surface area contributed by atoms with Crippen molar-refractivity contribution in [3.8, 4) is 11.5 Å². The molecule has 0 heterocycles. The smallest absolute Gasteiger partial charge is 0.161 e. The maximum atomic E-state index is 10.1. The Hall–Kier alpha value is -1.22. The van der Waals surface area contributed by atoms with E-state index in [1.165, 1.54) is 0 Å². The van der Waals surface area contributed by atoms with Crippen LogP contribution in [0.3, 0.4) is 0 Å². The summed E-state index contributed by atoms with van der Waals surface area (Å²) in [6, 6.07) is 5.79. The average Bonchev–Trinajstić information content (AvgIpc) is 3.09. The van der Waals surface area contributed by atoms with Gasteiger partial charge < -0.3 is 15.2 Å². The molecule has 17 heavy (non-hydrogen) atoms. The van der Waals surface area contributed by atoms with Gasteiger partial charge in [0.2, 0.25) is 0 Å². The lowest BCUT2D eigenvalue weighted by Gasteiger charge is -2.10. The fraction of sp³-hybridized carbons (Fsp3) is 0.571. The minimum atomic E-state index is 0.332. The number of phenols is 1. The average molecular weight is 235 g/mol. The van der Waals surface area contributed by atoms with Gasteiger partial charge in [0.25, 0.3) is 0 Å². The zero-order valence-corrected chi connectivity index (χ0v) is 10.6. The van der Waals surface area contributed by atoms with Crippen LogP contribution >= 0.6 is 0 Å². The molecule has 2 unspecified atom stereocenters. The largest absolute Gasteiger partial charge is 0.504 e. The Kier molecular flexibility index (Phi) is 3.89. The molecule has 0 saturated heterocycles. The van der Waals surface area contributed by atoms with Crippen molar-refractivity contribution in [1.82, 2.24) is 5.32 Å². The quantitative estimate of drug-likeness (QED) is 0.796. The normalized spacial score (nSPS) is 22.5. The Morgan fingerprint density at radius 1 is 1.41 bits per heavy atom. The second-order valence-electron chi connectivity index (χ2n) is 4.54. The molecule has 3 heteroatoms. The Morgan fingerprint density at radius 3 is 2.94 bits per heavy atom. The van der Waals surface area contributed by atoms with E-state index < -0.39 is 0 Å². The van der Waals surface area contributed by atoms with Crippen LogP contribution in [-0.2, 0) is 0 Å². The summed E-state index contributed by atoms with van der Waals surface area (Å²) in [4.78, 5) is 0. The fourth-order valence-electron chi connectivity index (χ4n) is 2.29. The van der Waals surface area contributed by atoms with Crippen LogP contribution < -0.4 is 10.1 Å². The fourth-order valence-corrected chi connectivity index (χ4v) is 2.29. The molecule has 2 rings (SSSR count). The first kappa shape index (κ1) is 12.2. The number of rotatable bonds is 6. The lowest BCUT2D eigenvalue weighted by molar-refractivity contribution is 0.316. The van der Waals surface area contributed by atoms with Crippen molar-refractivity contribution in [2.75, 3.05) is 19.7 Å². The van der Waals surface area contributed by atoms with Gasteiger partial charge in [-0.05, 0) is 44.3 Å². The highest BCUT2D eigenvalue weighted by Gasteiger charge is 2.39. The first-order valence-electron chi connectivity index (χ1n) is 6.43. The summed E-state index contributed by atoms with van der Waals surface area (Å²) in [7, 11) is 0. The van der Waals surface area contributed by atoms with Crippen molar-refractivity contribution < 1.29 is 9.84 Å². The van der Waals surface area contributed by atoms with Crippen LogP contribution in [0.1, 0.15) is 31.7 Å². The third-order valence-electron chi connectivity index (χ3n) is 3.31. The van der Waals surface area contributed by atoms with Crippen molar-refractivity contribution in [3.05, 3.63) is 23.8 Å². The zero-order valence-electron chi connectivity index (χ0n) is 10.6. The van der Waals surface area contributed by atoms with Crippen LogP contribution in [0.25, 0.3) is 0 Å². The van der Waals surface area contributed by atoms with Gasteiger partial charge in [-0.2, -0.15) is 0 Å². The van der Waals surface area contributed by atoms with Crippen LogP contribution in [0.2, 0.25) is 0 Å². The second-order valence-corrected chi connectivity index (χ2v) is 4.54. The molecule has 0 amide bonds. The molecule has 1 aromatic rings. The van der Waals surface area contributed by atoms with Crippen LogP contribution in [0.4, 0.5) is 0 Å². The summed E-state index contributed by atoms with van der Waals surface area (Å²) in [5.41, 5.74) is 1.04. The van der Waals surface area contributed by atoms with Gasteiger partial charge in [-0.15, -0.1) is 0 Å². The minimum Gasteiger partial charge on any atom is -0.504 e. The van der Waals surface area contributed by atoms with Crippen molar-refractivity contribution in [2.24, 2.45) is 5.92 Å². The summed E-state index contributed by atoms with van der Waals surface area (Å²) >= 11 is 0. The number of aromatic hydroxyl groups is 1. The molecule has 2 atom stereocenters. The highest BCUT2D eigenvalue weighted by molar-refractivity contribution is 5.49. The number of hydrogen-bond acceptors (Lipinski definition) is 3. The molecule has 94 valence electrons. The molecule has 0 bridgehead atoms. The monoisotopic (exact) mass is 235 g/mol. The van der Waals surface area contributed by atoms with Crippen molar-refractivity contribution >= 4 is 0 Å². The molecule has 0 radical (unpaired) electrons. The van der Waals surface area contributed by atoms with E-state index >= 15 is 0 Å². The predicted octanol–water partition coefficient (Wildman–Crippen LogP) is 2.50. The van der Waals surface area contributed by atoms with Crippen molar-refractivity contribution in [2.45, 2.75) is 26.2 Å². The molecule has 1 aliphatic carbocycles. The van der Waals surface area contributed by atoms with Gasteiger partial charge in [-0.25, -0.2) is 0 Å². The van der Waals surface area contributed by atoms with Gasteiger partial charge in [0.1, 0.15) is 0 Å². The third-order valence-corrected chi connectivity index (χ3v) is 3.31. The predicted molar refractivity (Wildman–Crippen MR) is 68.7 cm³/mol. The topological polar surface area (TPSA) is 41.5 Å². The van der Waals surface area contributed by atoms with Crippen LogP contribution in [-0.4, -0.2) is 24.8 Å². The second kappa shape index (κ2) is 5.41. The van der Waals surface area contributed by atoms with E-state index in [0.717, 1.165) is 25.1 Å². The Labute approximate surface area is 103 Å². The Balaban J connectivity index is 2.05. The molecular formula is C14H21NO2. The van der Waals surface area contributed by atoms with Crippen LogP contribution in [0.5, 0.6) is 11.5 Å². The van der Waals surface area contributed by atoms with Gasteiger partial charge >= 0.3 is 0 Å². The van der Waals surface area contributed by atoms with Crippen molar-refractivity contribution in [3.63, 3.8) is 0 Å². The maximum absolute atomic E-state index is 10.1. The third kappa shape index (κ3) is 2.72. The summed E-state index contributed by atoms with van der Waals surface area (Å²) in [5.74, 6) is 2.10. The summed E-state index contributed by atoms with van der Waals surface area (Å²) in [6.07, 6.45) is 1.16. The van der Waals surface area contributed by atoms with Gasteiger partial charge in [-0.3, -0.25) is 0 Å². The molecule has 2 N–H and O–H groups in total. The van der Waals surface area contributed by atoms with Crippen LogP contribution in [0, 0.1) is 5.92 Å². The Morgan fingerprint density at radius 2 is 2.24 bits per heavy atom. The molecule has 0 aromatic heterocycles. The summed E-state index contributed by atoms with van der Waals surface area (Å²) in [5, 5.41) is 13.5. The molecule has 3 nitrogen and oxygen atoms in total. The molecule has 1 fully saturated rings. The number of hydrogen-bond donors (Lipinski definition) is 2. The van der Waals surface area contributed by atoms with E-state index in [4.69, 9.17) is 4.74 Å². The van der Waals surface area contributed by atoms with Gasteiger partial charge in [0.05, 0.1) is 6.61 Å².